The number of hydrogen-bond acceptors (Lipinski definition) is 5. The zero-order chi connectivity index (χ0) is 19.5. The van der Waals surface area contributed by atoms with Crippen molar-refractivity contribution in [3.05, 3.63) is 83.1 Å². The summed E-state index contributed by atoms with van der Waals surface area (Å²) in [5, 5.41) is 7.39. The van der Waals surface area contributed by atoms with Crippen molar-refractivity contribution >= 4 is 27.7 Å². The molecule has 0 aliphatic carbocycles. The highest BCUT2D eigenvalue weighted by Gasteiger charge is 2.11. The summed E-state index contributed by atoms with van der Waals surface area (Å²) in [4.78, 5) is 24.8. The number of aromatic nitrogens is 5. The monoisotopic (exact) mass is 434 g/mol. The molecule has 0 bridgehead atoms. The lowest BCUT2D eigenvalue weighted by atomic mass is 10.2. The van der Waals surface area contributed by atoms with Crippen LogP contribution in [0.15, 0.2) is 71.9 Å². The van der Waals surface area contributed by atoms with Gasteiger partial charge in [-0.15, -0.1) is 0 Å². The summed E-state index contributed by atoms with van der Waals surface area (Å²) in [6, 6.07) is 11.1. The highest BCUT2D eigenvalue weighted by molar-refractivity contribution is 9.10. The van der Waals surface area contributed by atoms with Crippen LogP contribution in [-0.4, -0.2) is 30.6 Å². The van der Waals surface area contributed by atoms with Crippen molar-refractivity contribution in [2.75, 3.05) is 5.32 Å². The highest BCUT2D eigenvalue weighted by Crippen LogP contribution is 2.21. The number of halogens is 1. The molecule has 0 fully saturated rings. The molecule has 28 heavy (non-hydrogen) atoms. The van der Waals surface area contributed by atoms with E-state index in [0.29, 0.717) is 11.4 Å². The third-order valence-electron chi connectivity index (χ3n) is 4.05. The molecule has 4 heterocycles. The zero-order valence-corrected chi connectivity index (χ0v) is 16.5. The standard InChI is InChI=1S/C20H15BrN6O/c1-13-7-18(14-3-2-6-22-9-14)26-27(13)17-4-5-19(24-12-17)25-20(28)15-8-16(21)11-23-10-15/h2-12H,1H3,(H,24,25,28). The van der Waals surface area contributed by atoms with Gasteiger partial charge >= 0.3 is 0 Å². The number of pyridine rings is 3. The molecule has 4 rings (SSSR count). The second-order valence-electron chi connectivity index (χ2n) is 6.07. The summed E-state index contributed by atoms with van der Waals surface area (Å²) >= 11 is 3.31. The predicted octanol–water partition coefficient (Wildman–Crippen LogP) is 4.05. The van der Waals surface area contributed by atoms with Gasteiger partial charge in [0.1, 0.15) is 5.82 Å². The van der Waals surface area contributed by atoms with Crippen molar-refractivity contribution in [3.8, 4) is 16.9 Å². The Morgan fingerprint density at radius 3 is 2.68 bits per heavy atom. The fraction of sp³-hybridized carbons (Fsp3) is 0.0500. The Morgan fingerprint density at radius 2 is 1.96 bits per heavy atom. The van der Waals surface area contributed by atoms with Crippen LogP contribution in [0.2, 0.25) is 0 Å². The van der Waals surface area contributed by atoms with Crippen molar-refractivity contribution in [3.63, 3.8) is 0 Å². The number of amides is 1. The average Bonchev–Trinajstić information content (AvgIpc) is 3.11. The number of nitrogens with one attached hydrogen (secondary N) is 1. The van der Waals surface area contributed by atoms with Crippen molar-refractivity contribution in [1.29, 1.82) is 0 Å². The van der Waals surface area contributed by atoms with Gasteiger partial charge in [-0.25, -0.2) is 9.67 Å². The summed E-state index contributed by atoms with van der Waals surface area (Å²) < 4.78 is 2.54. The fourth-order valence-corrected chi connectivity index (χ4v) is 3.07. The molecule has 0 aliphatic heterocycles. The van der Waals surface area contributed by atoms with Gasteiger partial charge in [0.25, 0.3) is 5.91 Å². The molecule has 138 valence electrons. The van der Waals surface area contributed by atoms with E-state index in [9.17, 15) is 4.79 Å². The van der Waals surface area contributed by atoms with Crippen molar-refractivity contribution in [1.82, 2.24) is 24.7 Å². The molecule has 7 nitrogen and oxygen atoms in total. The van der Waals surface area contributed by atoms with E-state index in [4.69, 9.17) is 0 Å². The molecule has 0 aromatic carbocycles. The van der Waals surface area contributed by atoms with Crippen LogP contribution in [0.3, 0.4) is 0 Å². The number of nitrogens with zero attached hydrogens (tertiary/aromatic N) is 5. The van der Waals surface area contributed by atoms with Crippen LogP contribution < -0.4 is 5.32 Å². The molecule has 0 atom stereocenters. The maximum Gasteiger partial charge on any atom is 0.258 e. The largest absolute Gasteiger partial charge is 0.307 e. The van der Waals surface area contributed by atoms with E-state index < -0.39 is 0 Å². The lowest BCUT2D eigenvalue weighted by Crippen LogP contribution is -2.13. The van der Waals surface area contributed by atoms with Gasteiger partial charge in [0.15, 0.2) is 0 Å². The molecule has 1 N–H and O–H groups in total. The third-order valence-corrected chi connectivity index (χ3v) is 4.48. The molecular formula is C20H15BrN6O. The lowest BCUT2D eigenvalue weighted by Gasteiger charge is -2.07. The van der Waals surface area contributed by atoms with Gasteiger partial charge in [-0.1, -0.05) is 0 Å². The number of rotatable bonds is 4. The van der Waals surface area contributed by atoms with E-state index in [1.54, 1.807) is 41.6 Å². The van der Waals surface area contributed by atoms with E-state index in [1.807, 2.05) is 31.2 Å². The smallest absolute Gasteiger partial charge is 0.258 e. The first kappa shape index (κ1) is 18.0. The van der Waals surface area contributed by atoms with E-state index in [0.717, 1.165) is 27.1 Å². The number of carbonyl (C=O) groups excluding carboxylic acids is 1. The molecule has 0 saturated heterocycles. The molecule has 0 radical (unpaired) electrons. The van der Waals surface area contributed by atoms with Crippen molar-refractivity contribution < 1.29 is 4.79 Å². The lowest BCUT2D eigenvalue weighted by molar-refractivity contribution is 0.102. The summed E-state index contributed by atoms with van der Waals surface area (Å²) in [6.45, 7) is 1.98. The van der Waals surface area contributed by atoms with Gasteiger partial charge in [0.2, 0.25) is 0 Å². The molecule has 8 heteroatoms. The molecule has 0 spiro atoms. The Bertz CT molecular complexity index is 1130. The fourth-order valence-electron chi connectivity index (χ4n) is 2.70. The minimum atomic E-state index is -0.275. The zero-order valence-electron chi connectivity index (χ0n) is 14.9. The third kappa shape index (κ3) is 3.81. The Hall–Kier alpha value is -3.39. The first-order chi connectivity index (χ1) is 13.6. The van der Waals surface area contributed by atoms with Crippen LogP contribution in [-0.2, 0) is 0 Å². The van der Waals surface area contributed by atoms with Gasteiger partial charge in [0, 0.05) is 40.5 Å². The van der Waals surface area contributed by atoms with Crippen LogP contribution in [0.5, 0.6) is 0 Å². The van der Waals surface area contributed by atoms with Crippen LogP contribution in [0.4, 0.5) is 5.82 Å². The maximum absolute atomic E-state index is 12.3. The number of aryl methyl sites for hydroxylation is 1. The summed E-state index contributed by atoms with van der Waals surface area (Å²) in [5.74, 6) is 0.175. The van der Waals surface area contributed by atoms with Gasteiger partial charge in [-0.2, -0.15) is 5.10 Å². The Labute approximate surface area is 169 Å². The normalized spacial score (nSPS) is 10.6. The molecule has 0 saturated carbocycles. The number of carbonyl (C=O) groups is 1. The summed E-state index contributed by atoms with van der Waals surface area (Å²) in [5.41, 5.74) is 4.01. The number of hydrogen-bond donors (Lipinski definition) is 1. The Morgan fingerprint density at radius 1 is 1.07 bits per heavy atom. The minimum absolute atomic E-state index is 0.275. The van der Waals surface area contributed by atoms with Gasteiger partial charge in [0.05, 0.1) is 23.1 Å². The van der Waals surface area contributed by atoms with Crippen molar-refractivity contribution in [2.45, 2.75) is 6.92 Å². The van der Waals surface area contributed by atoms with Gasteiger partial charge in [-0.05, 0) is 59.3 Å². The number of anilines is 1. The van der Waals surface area contributed by atoms with Crippen molar-refractivity contribution in [2.24, 2.45) is 0 Å². The SMILES string of the molecule is Cc1cc(-c2cccnc2)nn1-c1ccc(NC(=O)c2cncc(Br)c2)nc1. The molecule has 1 amide bonds. The van der Waals surface area contributed by atoms with Crippen LogP contribution in [0.25, 0.3) is 16.9 Å². The van der Waals surface area contributed by atoms with E-state index >= 15 is 0 Å². The predicted molar refractivity (Wildman–Crippen MR) is 109 cm³/mol. The summed E-state index contributed by atoms with van der Waals surface area (Å²) in [7, 11) is 0. The second kappa shape index (κ2) is 7.69. The summed E-state index contributed by atoms with van der Waals surface area (Å²) in [6.07, 6.45) is 8.30. The highest BCUT2D eigenvalue weighted by atomic mass is 79.9. The molecule has 4 aromatic heterocycles. The minimum Gasteiger partial charge on any atom is -0.307 e. The van der Waals surface area contributed by atoms with Gasteiger partial charge in [-0.3, -0.25) is 14.8 Å². The maximum atomic E-state index is 12.3. The quantitative estimate of drug-likeness (QED) is 0.523. The van der Waals surface area contributed by atoms with Crippen LogP contribution in [0, 0.1) is 6.92 Å². The molecule has 0 aliphatic rings. The van der Waals surface area contributed by atoms with E-state index in [1.165, 1.54) is 6.20 Å². The topological polar surface area (TPSA) is 85.6 Å². The molecule has 4 aromatic rings. The van der Waals surface area contributed by atoms with Crippen LogP contribution >= 0.6 is 15.9 Å². The van der Waals surface area contributed by atoms with Gasteiger partial charge < -0.3 is 5.32 Å². The first-order valence-electron chi connectivity index (χ1n) is 8.45. The second-order valence-corrected chi connectivity index (χ2v) is 6.99. The van der Waals surface area contributed by atoms with E-state index in [2.05, 4.69) is 41.3 Å². The average molecular weight is 435 g/mol. The molecule has 0 unspecified atom stereocenters. The first-order valence-corrected chi connectivity index (χ1v) is 9.25. The molecular weight excluding hydrogens is 420 g/mol. The Balaban J connectivity index is 1.54. The van der Waals surface area contributed by atoms with E-state index in [-0.39, 0.29) is 5.91 Å². The van der Waals surface area contributed by atoms with Crippen LogP contribution in [0.1, 0.15) is 16.1 Å². The Kier molecular flexibility index (Phi) is 4.94.